The zero-order valence-corrected chi connectivity index (χ0v) is 19.8. The van der Waals surface area contributed by atoms with E-state index in [1.54, 1.807) is 11.3 Å². The Hall–Kier alpha value is -1.02. The second-order valence-corrected chi connectivity index (χ2v) is 11.6. The van der Waals surface area contributed by atoms with Crippen molar-refractivity contribution in [3.05, 3.63) is 15.6 Å². The predicted octanol–water partition coefficient (Wildman–Crippen LogP) is 2.78. The Morgan fingerprint density at radius 1 is 1.33 bits per heavy atom. The summed E-state index contributed by atoms with van der Waals surface area (Å²) in [4.78, 5) is 19.1. The summed E-state index contributed by atoms with van der Waals surface area (Å²) in [5.74, 6) is 0.341. The Morgan fingerprint density at radius 2 is 2.03 bits per heavy atom. The lowest BCUT2D eigenvalue weighted by atomic mass is 9.47. The largest absolute Gasteiger partial charge is 0.396 e. The molecule has 0 aliphatic heterocycles. The topological polar surface area (TPSA) is 103 Å². The van der Waals surface area contributed by atoms with Crippen LogP contribution in [0, 0.1) is 29.6 Å². The zero-order chi connectivity index (χ0) is 22.3. The maximum atomic E-state index is 13.0. The van der Waals surface area contributed by atoms with Gasteiger partial charge in [0.15, 0.2) is 0 Å². The van der Waals surface area contributed by atoms with E-state index in [0.29, 0.717) is 18.8 Å². The average molecular weight is 439 g/mol. The van der Waals surface area contributed by atoms with Crippen LogP contribution in [0.4, 0.5) is 0 Å². The summed E-state index contributed by atoms with van der Waals surface area (Å²) >= 11 is 1.67. The van der Waals surface area contributed by atoms with E-state index in [0.717, 1.165) is 30.0 Å². The van der Waals surface area contributed by atoms with E-state index in [4.69, 9.17) is 4.98 Å². The molecule has 1 heterocycles. The number of amides is 1. The van der Waals surface area contributed by atoms with Gasteiger partial charge < -0.3 is 20.6 Å². The van der Waals surface area contributed by atoms with Crippen molar-refractivity contribution in [3.63, 3.8) is 0 Å². The van der Waals surface area contributed by atoms with Gasteiger partial charge in [0.1, 0.15) is 0 Å². The van der Waals surface area contributed by atoms with Crippen molar-refractivity contribution in [2.75, 3.05) is 13.2 Å². The molecular formula is C23H38N2O4S. The van der Waals surface area contributed by atoms with Gasteiger partial charge in [-0.15, -0.1) is 11.3 Å². The van der Waals surface area contributed by atoms with Crippen molar-refractivity contribution in [2.45, 2.75) is 84.8 Å². The molecule has 1 aromatic rings. The number of aryl methyl sites for hydroxylation is 1. The number of fused-ring (bicyclic) bond motifs is 2. The number of aliphatic hydroxyl groups is 3. The van der Waals surface area contributed by atoms with Crippen molar-refractivity contribution < 1.29 is 20.1 Å². The first-order chi connectivity index (χ1) is 14.0. The van der Waals surface area contributed by atoms with E-state index in [1.807, 2.05) is 13.8 Å². The molecule has 170 valence electrons. The normalized spacial score (nSPS) is 34.4. The van der Waals surface area contributed by atoms with Gasteiger partial charge in [0.2, 0.25) is 5.91 Å². The first-order valence-electron chi connectivity index (χ1n) is 11.2. The highest BCUT2D eigenvalue weighted by Gasteiger charge is 2.59. The molecule has 4 N–H and O–H groups in total. The standard InChI is InChI=1S/C23H38N2O4S/c1-13(2)8-15(11-26)25-20(29)9-16-21-17(30-14(3)24-21)10-18-22(16,4)7-6-19(28)23(18,5)12-27/h13,15-16,18-19,26-28H,6-12H2,1-5H3,(H,25,29). The molecule has 7 heteroatoms. The molecule has 1 fully saturated rings. The number of thiazole rings is 1. The molecule has 0 aromatic carbocycles. The quantitative estimate of drug-likeness (QED) is 0.524. The van der Waals surface area contributed by atoms with Gasteiger partial charge in [-0.3, -0.25) is 4.79 Å². The highest BCUT2D eigenvalue weighted by atomic mass is 32.1. The Labute approximate surface area is 184 Å². The van der Waals surface area contributed by atoms with Crippen LogP contribution in [0.15, 0.2) is 0 Å². The predicted molar refractivity (Wildman–Crippen MR) is 118 cm³/mol. The molecule has 0 bridgehead atoms. The van der Waals surface area contributed by atoms with Gasteiger partial charge >= 0.3 is 0 Å². The van der Waals surface area contributed by atoms with E-state index in [9.17, 15) is 20.1 Å². The van der Waals surface area contributed by atoms with Gasteiger partial charge in [-0.1, -0.05) is 27.7 Å². The molecule has 6 unspecified atom stereocenters. The SMILES string of the molecule is Cc1nc2c(s1)CC1C(C)(CO)C(O)CCC1(C)C2CC(=O)NC(CO)CC(C)C. The molecule has 0 saturated heterocycles. The van der Waals surface area contributed by atoms with Crippen LogP contribution in [-0.4, -0.2) is 51.6 Å². The monoisotopic (exact) mass is 438 g/mol. The molecule has 30 heavy (non-hydrogen) atoms. The van der Waals surface area contributed by atoms with Gasteiger partial charge in [-0.2, -0.15) is 0 Å². The Balaban J connectivity index is 1.92. The van der Waals surface area contributed by atoms with E-state index in [1.165, 1.54) is 4.88 Å². The first-order valence-corrected chi connectivity index (χ1v) is 12.0. The third kappa shape index (κ3) is 4.18. The molecule has 6 atom stereocenters. The number of carbonyl (C=O) groups excluding carboxylic acids is 1. The Bertz CT molecular complexity index is 766. The van der Waals surface area contributed by atoms with E-state index >= 15 is 0 Å². The number of hydrogen-bond acceptors (Lipinski definition) is 6. The third-order valence-corrected chi connectivity index (χ3v) is 8.74. The Kier molecular flexibility index (Phi) is 6.97. The van der Waals surface area contributed by atoms with Crippen LogP contribution in [0.1, 0.15) is 74.9 Å². The summed E-state index contributed by atoms with van der Waals surface area (Å²) in [7, 11) is 0. The van der Waals surface area contributed by atoms with E-state index in [2.05, 4.69) is 26.1 Å². The van der Waals surface area contributed by atoms with Crippen LogP contribution in [0.25, 0.3) is 0 Å². The fourth-order valence-electron chi connectivity index (χ4n) is 5.99. The Morgan fingerprint density at radius 3 is 2.63 bits per heavy atom. The van der Waals surface area contributed by atoms with Crippen molar-refractivity contribution in [3.8, 4) is 0 Å². The number of nitrogens with zero attached hydrogens (tertiary/aromatic N) is 1. The highest BCUT2D eigenvalue weighted by molar-refractivity contribution is 7.11. The van der Waals surface area contributed by atoms with Crippen LogP contribution in [0.5, 0.6) is 0 Å². The fourth-order valence-corrected chi connectivity index (χ4v) is 7.03. The number of nitrogens with one attached hydrogen (secondary N) is 1. The summed E-state index contributed by atoms with van der Waals surface area (Å²) in [5.41, 5.74) is 0.198. The first kappa shape index (κ1) is 23.6. The molecule has 2 aliphatic rings. The van der Waals surface area contributed by atoms with Crippen LogP contribution in [0.2, 0.25) is 0 Å². The van der Waals surface area contributed by atoms with Crippen molar-refractivity contribution in [1.82, 2.24) is 10.3 Å². The van der Waals surface area contributed by atoms with Crippen LogP contribution in [-0.2, 0) is 11.2 Å². The van der Waals surface area contributed by atoms with Crippen molar-refractivity contribution in [2.24, 2.45) is 22.7 Å². The molecule has 1 saturated carbocycles. The average Bonchev–Trinajstić information content (AvgIpc) is 3.05. The number of rotatable bonds is 7. The summed E-state index contributed by atoms with van der Waals surface area (Å²) in [6.07, 6.45) is 2.72. The molecule has 6 nitrogen and oxygen atoms in total. The summed E-state index contributed by atoms with van der Waals surface area (Å²) in [6, 6.07) is -0.239. The number of hydrogen-bond donors (Lipinski definition) is 4. The molecule has 3 rings (SSSR count). The number of carbonyl (C=O) groups is 1. The molecule has 1 amide bonds. The maximum absolute atomic E-state index is 13.0. The van der Waals surface area contributed by atoms with Gasteiger partial charge in [0.25, 0.3) is 0 Å². The van der Waals surface area contributed by atoms with Crippen molar-refractivity contribution >= 4 is 17.2 Å². The lowest BCUT2D eigenvalue weighted by molar-refractivity contribution is -0.144. The third-order valence-electron chi connectivity index (χ3n) is 7.73. The summed E-state index contributed by atoms with van der Waals surface area (Å²) in [6.45, 7) is 10.2. The van der Waals surface area contributed by atoms with Gasteiger partial charge in [0, 0.05) is 22.6 Å². The molecule has 0 spiro atoms. The molecule has 2 aliphatic carbocycles. The van der Waals surface area contributed by atoms with E-state index in [-0.39, 0.29) is 42.4 Å². The minimum absolute atomic E-state index is 0.0602. The van der Waals surface area contributed by atoms with Gasteiger partial charge in [-0.05, 0) is 49.9 Å². The van der Waals surface area contributed by atoms with Crippen LogP contribution < -0.4 is 5.32 Å². The number of aromatic nitrogens is 1. The van der Waals surface area contributed by atoms with Crippen LogP contribution >= 0.6 is 11.3 Å². The van der Waals surface area contributed by atoms with E-state index < -0.39 is 11.5 Å². The van der Waals surface area contributed by atoms with Crippen molar-refractivity contribution in [1.29, 1.82) is 0 Å². The summed E-state index contributed by atoms with van der Waals surface area (Å²) in [5, 5.41) is 34.7. The summed E-state index contributed by atoms with van der Waals surface area (Å²) < 4.78 is 0. The molecular weight excluding hydrogens is 400 g/mol. The minimum Gasteiger partial charge on any atom is -0.396 e. The lowest BCUT2D eigenvalue weighted by Crippen LogP contribution is -2.58. The highest BCUT2D eigenvalue weighted by Crippen LogP contribution is 2.62. The minimum atomic E-state index is -0.595. The molecule has 0 radical (unpaired) electrons. The smallest absolute Gasteiger partial charge is 0.220 e. The number of aliphatic hydroxyl groups excluding tert-OH is 3. The maximum Gasteiger partial charge on any atom is 0.220 e. The fraction of sp³-hybridized carbons (Fsp3) is 0.826. The molecule has 1 aromatic heterocycles. The van der Waals surface area contributed by atoms with Gasteiger partial charge in [0.05, 0.1) is 36.1 Å². The van der Waals surface area contributed by atoms with Crippen LogP contribution in [0.3, 0.4) is 0 Å². The lowest BCUT2D eigenvalue weighted by Gasteiger charge is -2.58. The van der Waals surface area contributed by atoms with Gasteiger partial charge in [-0.25, -0.2) is 4.98 Å². The second kappa shape index (κ2) is 8.85. The second-order valence-electron chi connectivity index (χ2n) is 10.4. The zero-order valence-electron chi connectivity index (χ0n) is 18.9.